The Morgan fingerprint density at radius 1 is 1.07 bits per heavy atom. The van der Waals surface area contributed by atoms with Gasteiger partial charge < -0.3 is 10.1 Å². The van der Waals surface area contributed by atoms with Gasteiger partial charge in [-0.15, -0.1) is 0 Å². The monoisotopic (exact) mass is 370 g/mol. The molecule has 0 saturated carbocycles. The van der Waals surface area contributed by atoms with Crippen LogP contribution in [0.4, 0.5) is 11.4 Å². The van der Waals surface area contributed by atoms with Gasteiger partial charge in [0.25, 0.3) is 11.6 Å². The van der Waals surface area contributed by atoms with Crippen LogP contribution in [0.25, 0.3) is 0 Å². The molecule has 2 aromatic carbocycles. The van der Waals surface area contributed by atoms with Crippen LogP contribution in [-0.4, -0.2) is 28.7 Å². The first-order valence-electron chi connectivity index (χ1n) is 8.20. The van der Waals surface area contributed by atoms with Crippen molar-refractivity contribution in [2.75, 3.05) is 5.32 Å². The summed E-state index contributed by atoms with van der Waals surface area (Å²) in [6.45, 7) is 1.38. The van der Waals surface area contributed by atoms with Gasteiger partial charge in [0.2, 0.25) is 0 Å². The molecule has 0 aliphatic heterocycles. The highest BCUT2D eigenvalue weighted by atomic mass is 16.6. The number of esters is 1. The number of amides is 1. The number of hydrogen-bond acceptors (Lipinski definition) is 6. The molecule has 27 heavy (non-hydrogen) atoms. The largest absolute Gasteiger partial charge is 0.453 e. The van der Waals surface area contributed by atoms with Crippen molar-refractivity contribution in [1.29, 1.82) is 0 Å². The summed E-state index contributed by atoms with van der Waals surface area (Å²) in [6.07, 6.45) is -1.28. The molecule has 8 nitrogen and oxygen atoms in total. The number of nitro benzene ring substituents is 1. The lowest BCUT2D eigenvalue weighted by Crippen LogP contribution is -2.30. The molecule has 0 saturated heterocycles. The van der Waals surface area contributed by atoms with Gasteiger partial charge in [0.15, 0.2) is 11.9 Å². The number of anilines is 1. The molecule has 2 aromatic rings. The predicted molar refractivity (Wildman–Crippen MR) is 97.3 cm³/mol. The van der Waals surface area contributed by atoms with Crippen molar-refractivity contribution in [2.45, 2.75) is 25.9 Å². The SMILES string of the molecule is C[C@@H](OC(=O)CCC(=O)c1ccccc1)C(=O)Nc1cccc([N+](=O)[O-])c1. The fraction of sp³-hybridized carbons (Fsp3) is 0.211. The summed E-state index contributed by atoms with van der Waals surface area (Å²) in [6, 6.07) is 14.0. The maximum Gasteiger partial charge on any atom is 0.307 e. The van der Waals surface area contributed by atoms with E-state index in [2.05, 4.69) is 5.32 Å². The molecule has 1 N–H and O–H groups in total. The summed E-state index contributed by atoms with van der Waals surface area (Å²) in [5.74, 6) is -1.50. The second kappa shape index (κ2) is 9.23. The van der Waals surface area contributed by atoms with E-state index in [0.717, 1.165) is 0 Å². The van der Waals surface area contributed by atoms with E-state index in [1.54, 1.807) is 30.3 Å². The number of nitrogens with one attached hydrogen (secondary N) is 1. The van der Waals surface area contributed by atoms with Crippen LogP contribution < -0.4 is 5.32 Å². The van der Waals surface area contributed by atoms with Crippen molar-refractivity contribution in [1.82, 2.24) is 0 Å². The van der Waals surface area contributed by atoms with Gasteiger partial charge in [0, 0.05) is 29.8 Å². The van der Waals surface area contributed by atoms with Gasteiger partial charge in [-0.3, -0.25) is 24.5 Å². The quantitative estimate of drug-likeness (QED) is 0.330. The first kappa shape index (κ1) is 19.8. The van der Waals surface area contributed by atoms with Gasteiger partial charge in [-0.1, -0.05) is 36.4 Å². The number of carbonyl (C=O) groups is 3. The third kappa shape index (κ3) is 6.03. The molecule has 140 valence electrons. The number of hydrogen-bond donors (Lipinski definition) is 1. The highest BCUT2D eigenvalue weighted by Gasteiger charge is 2.19. The number of nitrogens with zero attached hydrogens (tertiary/aromatic N) is 1. The molecule has 8 heteroatoms. The second-order valence-corrected chi connectivity index (χ2v) is 5.72. The number of Topliss-reactive ketones (excluding diaryl/α,β-unsaturated/α-hetero) is 1. The van der Waals surface area contributed by atoms with E-state index in [0.29, 0.717) is 5.56 Å². The van der Waals surface area contributed by atoms with E-state index >= 15 is 0 Å². The van der Waals surface area contributed by atoms with Crippen LogP contribution in [0, 0.1) is 10.1 Å². The summed E-state index contributed by atoms with van der Waals surface area (Å²) >= 11 is 0. The zero-order chi connectivity index (χ0) is 19.8. The van der Waals surface area contributed by atoms with Crippen LogP contribution in [-0.2, 0) is 14.3 Å². The maximum atomic E-state index is 12.1. The standard InChI is InChI=1S/C19H18N2O6/c1-13(19(24)20-15-8-5-9-16(12-15)21(25)26)27-18(23)11-10-17(22)14-6-3-2-4-7-14/h2-9,12-13H,10-11H2,1H3,(H,20,24)/t13-/m1/s1. The van der Waals surface area contributed by atoms with E-state index in [4.69, 9.17) is 4.74 Å². The van der Waals surface area contributed by atoms with Crippen LogP contribution in [0.5, 0.6) is 0 Å². The molecule has 0 bridgehead atoms. The van der Waals surface area contributed by atoms with Gasteiger partial charge in [0.05, 0.1) is 11.3 Å². The van der Waals surface area contributed by atoms with Crippen molar-refractivity contribution < 1.29 is 24.0 Å². The fourth-order valence-corrected chi connectivity index (χ4v) is 2.23. The predicted octanol–water partition coefficient (Wildman–Crippen LogP) is 3.13. The topological polar surface area (TPSA) is 116 Å². The molecule has 0 spiro atoms. The van der Waals surface area contributed by atoms with Gasteiger partial charge in [0.1, 0.15) is 0 Å². The average molecular weight is 370 g/mol. The van der Waals surface area contributed by atoms with Crippen LogP contribution in [0.2, 0.25) is 0 Å². The van der Waals surface area contributed by atoms with Gasteiger partial charge >= 0.3 is 5.97 Å². The summed E-state index contributed by atoms with van der Waals surface area (Å²) in [4.78, 5) is 46.0. The Bertz CT molecular complexity index is 850. The lowest BCUT2D eigenvalue weighted by molar-refractivity contribution is -0.384. The number of non-ortho nitro benzene ring substituents is 1. The van der Waals surface area contributed by atoms with Crippen molar-refractivity contribution in [3.63, 3.8) is 0 Å². The zero-order valence-electron chi connectivity index (χ0n) is 14.6. The fourth-order valence-electron chi connectivity index (χ4n) is 2.23. The summed E-state index contributed by atoms with van der Waals surface area (Å²) in [5.41, 5.74) is 0.551. The van der Waals surface area contributed by atoms with E-state index in [9.17, 15) is 24.5 Å². The molecule has 0 heterocycles. The number of ether oxygens (including phenoxy) is 1. The Morgan fingerprint density at radius 3 is 2.44 bits per heavy atom. The molecule has 0 aliphatic rings. The Hall–Kier alpha value is -3.55. The van der Waals surface area contributed by atoms with Crippen LogP contribution in [0.1, 0.15) is 30.1 Å². The van der Waals surface area contributed by atoms with E-state index in [-0.39, 0.29) is 30.0 Å². The first-order valence-corrected chi connectivity index (χ1v) is 8.20. The number of ketones is 1. The molecule has 1 amide bonds. The van der Waals surface area contributed by atoms with Crippen molar-refractivity contribution in [3.8, 4) is 0 Å². The number of benzene rings is 2. The Kier molecular flexibility index (Phi) is 6.76. The Balaban J connectivity index is 1.83. The van der Waals surface area contributed by atoms with Gasteiger partial charge in [-0.2, -0.15) is 0 Å². The number of carbonyl (C=O) groups excluding carboxylic acids is 3. The maximum absolute atomic E-state index is 12.1. The molecular formula is C19H18N2O6. The summed E-state index contributed by atoms with van der Waals surface area (Å²) in [7, 11) is 0. The summed E-state index contributed by atoms with van der Waals surface area (Å²) in [5, 5.41) is 13.2. The molecule has 0 aliphatic carbocycles. The third-order valence-corrected chi connectivity index (χ3v) is 3.65. The molecule has 0 unspecified atom stereocenters. The first-order chi connectivity index (χ1) is 12.9. The molecule has 0 fully saturated rings. The normalized spacial score (nSPS) is 11.3. The van der Waals surface area contributed by atoms with Gasteiger partial charge in [-0.25, -0.2) is 0 Å². The minimum absolute atomic E-state index is 0.0257. The van der Waals surface area contributed by atoms with Crippen molar-refractivity contribution in [3.05, 3.63) is 70.3 Å². The lowest BCUT2D eigenvalue weighted by atomic mass is 10.1. The number of nitro groups is 1. The lowest BCUT2D eigenvalue weighted by Gasteiger charge is -2.13. The van der Waals surface area contributed by atoms with E-state index in [1.807, 2.05) is 0 Å². The minimum atomic E-state index is -1.11. The Labute approximate surface area is 155 Å². The van der Waals surface area contributed by atoms with Crippen LogP contribution in [0.15, 0.2) is 54.6 Å². The van der Waals surface area contributed by atoms with Gasteiger partial charge in [-0.05, 0) is 13.0 Å². The Morgan fingerprint density at radius 2 is 1.78 bits per heavy atom. The zero-order valence-corrected chi connectivity index (χ0v) is 14.6. The molecule has 1 atom stereocenters. The third-order valence-electron chi connectivity index (χ3n) is 3.65. The molecule has 0 radical (unpaired) electrons. The molecule has 0 aromatic heterocycles. The molecular weight excluding hydrogens is 352 g/mol. The second-order valence-electron chi connectivity index (χ2n) is 5.72. The van der Waals surface area contributed by atoms with E-state index in [1.165, 1.54) is 31.2 Å². The summed E-state index contributed by atoms with van der Waals surface area (Å²) < 4.78 is 5.01. The van der Waals surface area contributed by atoms with Crippen molar-refractivity contribution in [2.24, 2.45) is 0 Å². The average Bonchev–Trinajstić information content (AvgIpc) is 2.66. The number of rotatable bonds is 8. The van der Waals surface area contributed by atoms with Crippen molar-refractivity contribution >= 4 is 29.0 Å². The highest BCUT2D eigenvalue weighted by molar-refractivity contribution is 5.98. The highest BCUT2D eigenvalue weighted by Crippen LogP contribution is 2.17. The minimum Gasteiger partial charge on any atom is -0.453 e. The van der Waals surface area contributed by atoms with Crippen LogP contribution >= 0.6 is 0 Å². The smallest absolute Gasteiger partial charge is 0.307 e. The van der Waals surface area contributed by atoms with E-state index < -0.39 is 22.9 Å². The molecule has 2 rings (SSSR count). The van der Waals surface area contributed by atoms with Crippen LogP contribution in [0.3, 0.4) is 0 Å².